The molecule has 154 valence electrons. The first-order valence-electron chi connectivity index (χ1n) is 7.86. The van der Waals surface area contributed by atoms with Gasteiger partial charge in [0.1, 0.15) is 4.90 Å². The molecule has 2 aromatic rings. The van der Waals surface area contributed by atoms with Crippen molar-refractivity contribution in [1.29, 1.82) is 0 Å². The predicted octanol–water partition coefficient (Wildman–Crippen LogP) is -0.640. The molecular weight excluding hydrogens is 418 g/mol. The highest BCUT2D eigenvalue weighted by Crippen LogP contribution is 2.29. The Balaban J connectivity index is 2.31. The first-order chi connectivity index (χ1) is 13.1. The molecule has 28 heavy (non-hydrogen) atoms. The molecule has 0 saturated carbocycles. The Morgan fingerprint density at radius 1 is 1.07 bits per heavy atom. The number of aliphatic hydroxyl groups is 2. The number of nitro groups is 1. The van der Waals surface area contributed by atoms with E-state index in [0.717, 1.165) is 12.1 Å². The average Bonchev–Trinajstić information content (AvgIpc) is 3.08. The standard InChI is InChI=1S/C14H17N3O9S2/c18-4-7-27(22,23)6-3-13-15-14(16-26-13)10-1-2-12(11(9-10)17(20)21)28(24,25)8-5-19/h1-2,9,18-19H,3-8H2. The minimum absolute atomic E-state index is 0.0313. The first-order valence-corrected chi connectivity index (χ1v) is 11.3. The van der Waals surface area contributed by atoms with Crippen LogP contribution in [0.3, 0.4) is 0 Å². The zero-order valence-corrected chi connectivity index (χ0v) is 16.0. The van der Waals surface area contributed by atoms with Crippen molar-refractivity contribution < 1.29 is 36.5 Å². The molecule has 0 atom stereocenters. The molecule has 1 aromatic heterocycles. The maximum Gasteiger partial charge on any atom is 0.288 e. The van der Waals surface area contributed by atoms with Crippen LogP contribution in [0.15, 0.2) is 27.6 Å². The maximum atomic E-state index is 12.1. The van der Waals surface area contributed by atoms with Gasteiger partial charge in [0.2, 0.25) is 11.7 Å². The van der Waals surface area contributed by atoms with Crippen LogP contribution in [0.5, 0.6) is 0 Å². The van der Waals surface area contributed by atoms with Crippen LogP contribution < -0.4 is 0 Å². The van der Waals surface area contributed by atoms with Crippen LogP contribution in [0.25, 0.3) is 11.4 Å². The van der Waals surface area contributed by atoms with E-state index < -0.39 is 59.9 Å². The quantitative estimate of drug-likeness (QED) is 0.356. The van der Waals surface area contributed by atoms with Crippen molar-refractivity contribution in [1.82, 2.24) is 10.1 Å². The Morgan fingerprint density at radius 3 is 2.36 bits per heavy atom. The SMILES string of the molecule is O=[N+]([O-])c1cc(-c2noc(CCS(=O)(=O)CCO)n2)ccc1S(=O)(=O)CCO. The highest BCUT2D eigenvalue weighted by atomic mass is 32.2. The molecule has 0 aliphatic carbocycles. The molecule has 0 aliphatic heterocycles. The second-order valence-corrected chi connectivity index (χ2v) is 10.0. The fourth-order valence-corrected chi connectivity index (χ4v) is 4.41. The number of nitro benzene ring substituents is 1. The van der Waals surface area contributed by atoms with Gasteiger partial charge >= 0.3 is 0 Å². The fourth-order valence-electron chi connectivity index (χ4n) is 2.25. The van der Waals surface area contributed by atoms with Gasteiger partial charge in [-0.3, -0.25) is 10.1 Å². The molecule has 0 bridgehead atoms. The Kier molecular flexibility index (Phi) is 6.82. The first kappa shape index (κ1) is 21.9. The summed E-state index contributed by atoms with van der Waals surface area (Å²) in [6, 6.07) is 3.22. The summed E-state index contributed by atoms with van der Waals surface area (Å²) in [6.45, 7) is -1.19. The highest BCUT2D eigenvalue weighted by Gasteiger charge is 2.27. The molecule has 14 heteroatoms. The average molecular weight is 435 g/mol. The lowest BCUT2D eigenvalue weighted by atomic mass is 10.2. The molecule has 2 rings (SSSR count). The van der Waals surface area contributed by atoms with Crippen molar-refractivity contribution in [3.63, 3.8) is 0 Å². The van der Waals surface area contributed by atoms with Crippen molar-refractivity contribution in [2.75, 3.05) is 30.5 Å². The lowest BCUT2D eigenvalue weighted by Crippen LogP contribution is -2.15. The summed E-state index contributed by atoms with van der Waals surface area (Å²) < 4.78 is 52.2. The molecule has 0 aliphatic rings. The van der Waals surface area contributed by atoms with E-state index in [4.69, 9.17) is 14.7 Å². The van der Waals surface area contributed by atoms with Crippen molar-refractivity contribution >= 4 is 25.4 Å². The molecule has 0 fully saturated rings. The van der Waals surface area contributed by atoms with Gasteiger partial charge in [0.15, 0.2) is 19.7 Å². The van der Waals surface area contributed by atoms with Crippen LogP contribution in [-0.2, 0) is 26.1 Å². The van der Waals surface area contributed by atoms with E-state index in [1.807, 2.05) is 0 Å². The summed E-state index contributed by atoms with van der Waals surface area (Å²) in [5.41, 5.74) is -0.606. The minimum atomic E-state index is -4.05. The third-order valence-electron chi connectivity index (χ3n) is 3.61. The fraction of sp³-hybridized carbons (Fsp3) is 0.429. The maximum absolute atomic E-state index is 12.1. The highest BCUT2D eigenvalue weighted by molar-refractivity contribution is 7.91. The smallest absolute Gasteiger partial charge is 0.288 e. The normalized spacial score (nSPS) is 12.2. The van der Waals surface area contributed by atoms with Crippen LogP contribution in [0.2, 0.25) is 0 Å². The second-order valence-electron chi connectivity index (χ2n) is 5.62. The number of benzene rings is 1. The van der Waals surface area contributed by atoms with Crippen molar-refractivity contribution in [2.45, 2.75) is 11.3 Å². The largest absolute Gasteiger partial charge is 0.395 e. The van der Waals surface area contributed by atoms with Gasteiger partial charge in [-0.15, -0.1) is 0 Å². The van der Waals surface area contributed by atoms with Gasteiger partial charge in [0.05, 0.1) is 35.4 Å². The number of hydrogen-bond donors (Lipinski definition) is 2. The number of aliphatic hydroxyl groups excluding tert-OH is 2. The van der Waals surface area contributed by atoms with Gasteiger partial charge in [-0.05, 0) is 12.1 Å². The van der Waals surface area contributed by atoms with Gasteiger partial charge in [-0.2, -0.15) is 4.98 Å². The molecule has 0 saturated heterocycles. The van der Waals surface area contributed by atoms with Crippen LogP contribution in [0, 0.1) is 10.1 Å². The van der Waals surface area contributed by atoms with Crippen molar-refractivity contribution in [3.8, 4) is 11.4 Å². The lowest BCUT2D eigenvalue weighted by molar-refractivity contribution is -0.387. The van der Waals surface area contributed by atoms with E-state index >= 15 is 0 Å². The van der Waals surface area contributed by atoms with Gasteiger partial charge < -0.3 is 14.7 Å². The number of sulfone groups is 2. The predicted molar refractivity (Wildman–Crippen MR) is 95.0 cm³/mol. The molecule has 12 nitrogen and oxygen atoms in total. The van der Waals surface area contributed by atoms with Gasteiger partial charge in [0, 0.05) is 18.1 Å². The summed E-state index contributed by atoms with van der Waals surface area (Å²) >= 11 is 0. The summed E-state index contributed by atoms with van der Waals surface area (Å²) in [7, 11) is -7.54. The molecule has 0 spiro atoms. The minimum Gasteiger partial charge on any atom is -0.395 e. The Bertz CT molecular complexity index is 1060. The third-order valence-corrected chi connectivity index (χ3v) is 6.97. The molecule has 1 heterocycles. The molecule has 0 amide bonds. The molecule has 1 aromatic carbocycles. The lowest BCUT2D eigenvalue weighted by Gasteiger charge is -2.05. The van der Waals surface area contributed by atoms with E-state index in [9.17, 15) is 26.9 Å². The van der Waals surface area contributed by atoms with E-state index in [-0.39, 0.29) is 29.5 Å². The van der Waals surface area contributed by atoms with Gasteiger partial charge in [-0.25, -0.2) is 16.8 Å². The number of nitrogens with zero attached hydrogens (tertiary/aromatic N) is 3. The van der Waals surface area contributed by atoms with Crippen molar-refractivity contribution in [2.24, 2.45) is 0 Å². The number of hydrogen-bond acceptors (Lipinski definition) is 11. The number of rotatable bonds is 10. The monoisotopic (exact) mass is 435 g/mol. The van der Waals surface area contributed by atoms with Crippen LogP contribution in [0.4, 0.5) is 5.69 Å². The summed E-state index contributed by atoms with van der Waals surface area (Å²) in [5, 5.41) is 32.4. The van der Waals surface area contributed by atoms with E-state index in [0.29, 0.717) is 0 Å². The molecule has 2 N–H and O–H groups in total. The zero-order chi connectivity index (χ0) is 20.9. The van der Waals surface area contributed by atoms with E-state index in [2.05, 4.69) is 10.1 Å². The van der Waals surface area contributed by atoms with Gasteiger partial charge in [-0.1, -0.05) is 5.16 Å². The van der Waals surface area contributed by atoms with E-state index in [1.165, 1.54) is 6.07 Å². The van der Waals surface area contributed by atoms with Crippen LogP contribution >= 0.6 is 0 Å². The Morgan fingerprint density at radius 2 is 1.75 bits per heavy atom. The topological polar surface area (TPSA) is 191 Å². The van der Waals surface area contributed by atoms with Crippen molar-refractivity contribution in [3.05, 3.63) is 34.2 Å². The summed E-state index contributed by atoms with van der Waals surface area (Å²) in [4.78, 5) is 13.8. The van der Waals surface area contributed by atoms with Crippen LogP contribution in [-0.4, -0.2) is 72.6 Å². The second kappa shape index (κ2) is 8.72. The molecule has 0 unspecified atom stereocenters. The summed E-state index contributed by atoms with van der Waals surface area (Å²) in [6.07, 6.45) is -0.111. The Hall–Kier alpha value is -2.42. The molecule has 0 radical (unpaired) electrons. The number of aromatic nitrogens is 2. The third kappa shape index (κ3) is 5.31. The Labute approximate surface area is 159 Å². The van der Waals surface area contributed by atoms with Gasteiger partial charge in [0.25, 0.3) is 5.69 Å². The molecular formula is C14H17N3O9S2. The number of aryl methyl sites for hydroxylation is 1. The zero-order valence-electron chi connectivity index (χ0n) is 14.4. The van der Waals surface area contributed by atoms with Crippen LogP contribution in [0.1, 0.15) is 5.89 Å². The van der Waals surface area contributed by atoms with E-state index in [1.54, 1.807) is 0 Å². The summed E-state index contributed by atoms with van der Waals surface area (Å²) in [5.74, 6) is -1.50.